The molecule has 0 saturated heterocycles. The third-order valence-electron chi connectivity index (χ3n) is 2.92. The van der Waals surface area contributed by atoms with Gasteiger partial charge < -0.3 is 15.5 Å². The van der Waals surface area contributed by atoms with Crippen LogP contribution < -0.4 is 16.6 Å². The second-order valence-corrected chi connectivity index (χ2v) is 4.20. The van der Waals surface area contributed by atoms with Crippen molar-refractivity contribution in [3.8, 4) is 0 Å². The number of hydrogen-bond donors (Lipinski definition) is 3. The molecule has 0 unspecified atom stereocenters. The molecule has 0 amide bonds. The smallest absolute Gasteiger partial charge is 0.158 e. The molecule has 4 N–H and O–H groups in total. The summed E-state index contributed by atoms with van der Waals surface area (Å²) in [4.78, 5) is 8.57. The van der Waals surface area contributed by atoms with Crippen LogP contribution in [0.2, 0.25) is 0 Å². The molecule has 102 valence electrons. The van der Waals surface area contributed by atoms with Crippen LogP contribution in [0.15, 0.2) is 6.07 Å². The first-order valence-corrected chi connectivity index (χ1v) is 6.30. The number of nitrogen functional groups attached to an aromatic ring is 1. The standard InChI is InChI=1S/C12H23N5O/c1-4-9(5-2)7-14-10-6-11(17-13)16-12(15-10)8-18-3/h6,9H,4-5,7-8,13H2,1-3H3,(H2,14,15,16,17). The number of aromatic nitrogens is 2. The van der Waals surface area contributed by atoms with E-state index < -0.39 is 0 Å². The van der Waals surface area contributed by atoms with Crippen molar-refractivity contribution < 1.29 is 4.74 Å². The number of anilines is 2. The molecule has 6 heteroatoms. The molecule has 0 saturated carbocycles. The molecule has 0 spiro atoms. The molecule has 18 heavy (non-hydrogen) atoms. The lowest BCUT2D eigenvalue weighted by molar-refractivity contribution is 0.178. The van der Waals surface area contributed by atoms with Gasteiger partial charge in [0.15, 0.2) is 5.82 Å². The molecule has 1 heterocycles. The molecule has 0 aliphatic heterocycles. The zero-order valence-electron chi connectivity index (χ0n) is 11.4. The number of hydrazine groups is 1. The van der Waals surface area contributed by atoms with E-state index in [0.29, 0.717) is 24.2 Å². The normalized spacial score (nSPS) is 10.7. The van der Waals surface area contributed by atoms with Gasteiger partial charge in [-0.2, -0.15) is 0 Å². The van der Waals surface area contributed by atoms with Gasteiger partial charge >= 0.3 is 0 Å². The van der Waals surface area contributed by atoms with Crippen molar-refractivity contribution >= 4 is 11.6 Å². The third-order valence-corrected chi connectivity index (χ3v) is 2.92. The van der Waals surface area contributed by atoms with Crippen molar-refractivity contribution in [1.29, 1.82) is 0 Å². The zero-order valence-corrected chi connectivity index (χ0v) is 11.4. The predicted molar refractivity (Wildman–Crippen MR) is 73.1 cm³/mol. The number of rotatable bonds is 8. The van der Waals surface area contributed by atoms with Gasteiger partial charge in [-0.3, -0.25) is 0 Å². The molecular formula is C12H23N5O. The van der Waals surface area contributed by atoms with E-state index in [1.54, 1.807) is 13.2 Å². The van der Waals surface area contributed by atoms with Crippen LogP contribution in [-0.4, -0.2) is 23.6 Å². The molecule has 1 aromatic rings. The maximum Gasteiger partial charge on any atom is 0.158 e. The highest BCUT2D eigenvalue weighted by atomic mass is 16.5. The highest BCUT2D eigenvalue weighted by Gasteiger charge is 2.06. The van der Waals surface area contributed by atoms with Crippen molar-refractivity contribution in [2.24, 2.45) is 11.8 Å². The van der Waals surface area contributed by atoms with Gasteiger partial charge in [-0.1, -0.05) is 26.7 Å². The lowest BCUT2D eigenvalue weighted by atomic mass is 10.0. The van der Waals surface area contributed by atoms with Crippen LogP contribution in [0.4, 0.5) is 11.6 Å². The summed E-state index contributed by atoms with van der Waals surface area (Å²) in [6, 6.07) is 1.79. The monoisotopic (exact) mass is 253 g/mol. The van der Waals surface area contributed by atoms with Gasteiger partial charge in [-0.05, 0) is 5.92 Å². The fourth-order valence-corrected chi connectivity index (χ4v) is 1.68. The van der Waals surface area contributed by atoms with Gasteiger partial charge in [0.25, 0.3) is 0 Å². The van der Waals surface area contributed by atoms with Crippen molar-refractivity contribution in [3.05, 3.63) is 11.9 Å². The topological polar surface area (TPSA) is 85.1 Å². The Bertz CT molecular complexity index is 354. The van der Waals surface area contributed by atoms with Crippen LogP contribution >= 0.6 is 0 Å². The number of nitrogens with one attached hydrogen (secondary N) is 2. The highest BCUT2D eigenvalue weighted by molar-refractivity contribution is 5.46. The average Bonchev–Trinajstić information content (AvgIpc) is 2.40. The van der Waals surface area contributed by atoms with E-state index in [-0.39, 0.29) is 0 Å². The van der Waals surface area contributed by atoms with Crippen molar-refractivity contribution in [2.75, 3.05) is 24.4 Å². The Kier molecular flexibility index (Phi) is 6.38. The summed E-state index contributed by atoms with van der Waals surface area (Å²) in [5.41, 5.74) is 2.54. The van der Waals surface area contributed by atoms with E-state index in [1.165, 1.54) is 0 Å². The lowest BCUT2D eigenvalue weighted by Gasteiger charge is -2.14. The first-order chi connectivity index (χ1) is 8.73. The minimum Gasteiger partial charge on any atom is -0.377 e. The molecule has 0 atom stereocenters. The summed E-state index contributed by atoms with van der Waals surface area (Å²) >= 11 is 0. The fraction of sp³-hybridized carbons (Fsp3) is 0.667. The maximum atomic E-state index is 5.38. The summed E-state index contributed by atoms with van der Waals surface area (Å²) in [5, 5.41) is 3.32. The first-order valence-electron chi connectivity index (χ1n) is 6.30. The quantitative estimate of drug-likeness (QED) is 0.483. The molecule has 1 aromatic heterocycles. The summed E-state index contributed by atoms with van der Waals surface area (Å²) in [6.07, 6.45) is 2.31. The lowest BCUT2D eigenvalue weighted by Crippen LogP contribution is -2.16. The van der Waals surface area contributed by atoms with Crippen LogP contribution in [0.1, 0.15) is 32.5 Å². The zero-order chi connectivity index (χ0) is 13.4. The molecule has 0 fully saturated rings. The van der Waals surface area contributed by atoms with E-state index in [0.717, 1.165) is 25.2 Å². The molecular weight excluding hydrogens is 230 g/mol. The summed E-state index contributed by atoms with van der Waals surface area (Å²) in [7, 11) is 1.61. The van der Waals surface area contributed by atoms with Gasteiger partial charge in [0.2, 0.25) is 0 Å². The highest BCUT2D eigenvalue weighted by Crippen LogP contribution is 2.13. The Balaban J connectivity index is 2.71. The van der Waals surface area contributed by atoms with Crippen molar-refractivity contribution in [2.45, 2.75) is 33.3 Å². The minimum absolute atomic E-state index is 0.370. The van der Waals surface area contributed by atoms with Crippen LogP contribution in [0.5, 0.6) is 0 Å². The fourth-order valence-electron chi connectivity index (χ4n) is 1.68. The summed E-state index contributed by atoms with van der Waals surface area (Å²) in [6.45, 7) is 5.66. The largest absolute Gasteiger partial charge is 0.377 e. The average molecular weight is 253 g/mol. The second kappa shape index (κ2) is 7.84. The van der Waals surface area contributed by atoms with E-state index in [9.17, 15) is 0 Å². The summed E-state index contributed by atoms with van der Waals surface area (Å²) < 4.78 is 5.03. The molecule has 0 aromatic carbocycles. The van der Waals surface area contributed by atoms with Gasteiger partial charge in [0.1, 0.15) is 18.2 Å². The molecule has 0 radical (unpaired) electrons. The Morgan fingerprint density at radius 3 is 2.50 bits per heavy atom. The molecule has 0 aliphatic carbocycles. The van der Waals surface area contributed by atoms with E-state index in [4.69, 9.17) is 10.6 Å². The molecule has 0 aliphatic rings. The Hall–Kier alpha value is -1.40. The van der Waals surface area contributed by atoms with Crippen LogP contribution in [0.25, 0.3) is 0 Å². The first kappa shape index (κ1) is 14.7. The van der Waals surface area contributed by atoms with Gasteiger partial charge in [-0.15, -0.1) is 0 Å². The Labute approximate surface area is 108 Å². The number of methoxy groups -OCH3 is 1. The molecule has 1 rings (SSSR count). The van der Waals surface area contributed by atoms with Crippen molar-refractivity contribution in [1.82, 2.24) is 9.97 Å². The van der Waals surface area contributed by atoms with Crippen molar-refractivity contribution in [3.63, 3.8) is 0 Å². The van der Waals surface area contributed by atoms with Crippen LogP contribution in [-0.2, 0) is 11.3 Å². The van der Waals surface area contributed by atoms with Gasteiger partial charge in [0.05, 0.1) is 0 Å². The number of nitrogens with zero attached hydrogens (tertiary/aromatic N) is 2. The maximum absolute atomic E-state index is 5.38. The predicted octanol–water partition coefficient (Wildman–Crippen LogP) is 1.76. The minimum atomic E-state index is 0.370. The van der Waals surface area contributed by atoms with Gasteiger partial charge in [-0.25, -0.2) is 15.8 Å². The number of ether oxygens (including phenoxy) is 1. The molecule has 6 nitrogen and oxygen atoms in total. The Morgan fingerprint density at radius 2 is 1.94 bits per heavy atom. The number of hydrogen-bond acceptors (Lipinski definition) is 6. The molecule has 0 bridgehead atoms. The second-order valence-electron chi connectivity index (χ2n) is 4.20. The van der Waals surface area contributed by atoms with Crippen LogP contribution in [0, 0.1) is 5.92 Å². The van der Waals surface area contributed by atoms with E-state index >= 15 is 0 Å². The Morgan fingerprint density at radius 1 is 1.28 bits per heavy atom. The SMILES string of the molecule is CCC(CC)CNc1cc(NN)nc(COC)n1. The van der Waals surface area contributed by atoms with Crippen LogP contribution in [0.3, 0.4) is 0 Å². The summed E-state index contributed by atoms with van der Waals surface area (Å²) in [5.74, 6) is 8.01. The van der Waals surface area contributed by atoms with E-state index in [2.05, 4.69) is 34.6 Å². The van der Waals surface area contributed by atoms with E-state index in [1.807, 2.05) is 0 Å². The third kappa shape index (κ3) is 4.46. The van der Waals surface area contributed by atoms with Gasteiger partial charge in [0, 0.05) is 19.7 Å². The number of nitrogens with two attached hydrogens (primary N) is 1.